The summed E-state index contributed by atoms with van der Waals surface area (Å²) in [6, 6.07) is 18.5. The second kappa shape index (κ2) is 9.22. The number of likely N-dealkylation sites (N-methyl/N-ethyl adjacent to an activating group) is 1. The molecule has 0 aromatic heterocycles. The number of carbonyl (C=O) groups excluding carboxylic acids is 3. The van der Waals surface area contributed by atoms with E-state index >= 15 is 0 Å². The Bertz CT molecular complexity index is 717. The predicted molar refractivity (Wildman–Crippen MR) is 92.6 cm³/mol. The summed E-state index contributed by atoms with van der Waals surface area (Å²) in [6.07, 6.45) is -0.659. The summed E-state index contributed by atoms with van der Waals surface area (Å²) >= 11 is 0. The van der Waals surface area contributed by atoms with Gasteiger partial charge in [0.15, 0.2) is 0 Å². The minimum Gasteiger partial charge on any atom is -0.445 e. The van der Waals surface area contributed by atoms with Crippen molar-refractivity contribution in [1.82, 2.24) is 10.2 Å². The maximum absolute atomic E-state index is 11.9. The van der Waals surface area contributed by atoms with E-state index in [1.165, 1.54) is 7.05 Å². The topological polar surface area (TPSA) is 75.7 Å². The molecular formula is C19H20N2O4. The minimum atomic E-state index is -0.730. The first-order valence-electron chi connectivity index (χ1n) is 7.83. The van der Waals surface area contributed by atoms with Gasteiger partial charge in [0.1, 0.15) is 6.61 Å². The predicted octanol–water partition coefficient (Wildman–Crippen LogP) is 2.14. The van der Waals surface area contributed by atoms with Crippen LogP contribution < -0.4 is 5.32 Å². The third-order valence-electron chi connectivity index (χ3n) is 3.45. The Morgan fingerprint density at radius 3 is 2.08 bits per heavy atom. The highest BCUT2D eigenvalue weighted by atomic mass is 16.6. The summed E-state index contributed by atoms with van der Waals surface area (Å²) in [5.74, 6) is -1.43. The fourth-order valence-corrected chi connectivity index (χ4v) is 2.06. The van der Waals surface area contributed by atoms with Crippen molar-refractivity contribution in [1.29, 1.82) is 0 Å². The number of ether oxygens (including phenoxy) is 1. The molecule has 0 atom stereocenters. The molecule has 0 fully saturated rings. The van der Waals surface area contributed by atoms with Gasteiger partial charge in [-0.05, 0) is 11.1 Å². The van der Waals surface area contributed by atoms with Gasteiger partial charge in [-0.3, -0.25) is 9.59 Å². The van der Waals surface area contributed by atoms with Crippen LogP contribution in [-0.2, 0) is 27.5 Å². The molecule has 0 bridgehead atoms. The Morgan fingerprint density at radius 2 is 1.48 bits per heavy atom. The van der Waals surface area contributed by atoms with Crippen LogP contribution in [0.25, 0.3) is 0 Å². The number of ketones is 1. The van der Waals surface area contributed by atoms with Gasteiger partial charge < -0.3 is 15.0 Å². The number of rotatable bonds is 7. The largest absolute Gasteiger partial charge is 0.445 e. The summed E-state index contributed by atoms with van der Waals surface area (Å²) < 4.78 is 5.10. The highest BCUT2D eigenvalue weighted by molar-refractivity contribution is 6.37. The summed E-state index contributed by atoms with van der Waals surface area (Å²) in [5, 5.41) is 2.53. The van der Waals surface area contributed by atoms with Crippen LogP contribution >= 0.6 is 0 Å². The van der Waals surface area contributed by atoms with E-state index < -0.39 is 17.8 Å². The van der Waals surface area contributed by atoms with E-state index in [1.54, 1.807) is 0 Å². The Morgan fingerprint density at radius 1 is 0.920 bits per heavy atom. The molecule has 25 heavy (non-hydrogen) atoms. The number of benzene rings is 2. The number of amides is 2. The molecule has 0 saturated heterocycles. The summed E-state index contributed by atoms with van der Waals surface area (Å²) in [6.45, 7) is 0.0280. The average molecular weight is 340 g/mol. The SMILES string of the molecule is CN(CC(=O)C(=O)NCc1ccccc1)C(=O)OCc1ccccc1. The number of Topliss-reactive ketones (excluding diaryl/α,β-unsaturated/α-hetero) is 1. The van der Waals surface area contributed by atoms with E-state index in [-0.39, 0.29) is 19.7 Å². The van der Waals surface area contributed by atoms with Gasteiger partial charge in [-0.2, -0.15) is 0 Å². The average Bonchev–Trinajstić information content (AvgIpc) is 2.65. The van der Waals surface area contributed by atoms with E-state index in [9.17, 15) is 14.4 Å². The van der Waals surface area contributed by atoms with Crippen LogP contribution in [-0.4, -0.2) is 36.3 Å². The monoisotopic (exact) mass is 340 g/mol. The van der Waals surface area contributed by atoms with Crippen molar-refractivity contribution in [2.45, 2.75) is 13.2 Å². The zero-order valence-electron chi connectivity index (χ0n) is 14.0. The molecule has 0 radical (unpaired) electrons. The third kappa shape index (κ3) is 6.10. The Balaban J connectivity index is 1.74. The molecule has 0 heterocycles. The highest BCUT2D eigenvalue weighted by Gasteiger charge is 2.19. The van der Waals surface area contributed by atoms with E-state index in [0.29, 0.717) is 0 Å². The quantitative estimate of drug-likeness (QED) is 0.784. The molecule has 6 nitrogen and oxygen atoms in total. The summed E-state index contributed by atoms with van der Waals surface area (Å²) in [5.41, 5.74) is 1.73. The Kier molecular flexibility index (Phi) is 6.71. The van der Waals surface area contributed by atoms with Gasteiger partial charge in [0, 0.05) is 13.6 Å². The fourth-order valence-electron chi connectivity index (χ4n) is 2.06. The smallest absolute Gasteiger partial charge is 0.410 e. The van der Waals surface area contributed by atoms with Crippen LogP contribution in [0, 0.1) is 0 Å². The van der Waals surface area contributed by atoms with Gasteiger partial charge in [0.25, 0.3) is 5.91 Å². The molecule has 0 unspecified atom stereocenters. The van der Waals surface area contributed by atoms with Gasteiger partial charge in [-0.1, -0.05) is 60.7 Å². The first kappa shape index (κ1) is 18.2. The molecular weight excluding hydrogens is 320 g/mol. The van der Waals surface area contributed by atoms with Crippen LogP contribution in [0.3, 0.4) is 0 Å². The second-order valence-corrected chi connectivity index (χ2v) is 5.49. The van der Waals surface area contributed by atoms with Crippen molar-refractivity contribution in [3.05, 3.63) is 71.8 Å². The van der Waals surface area contributed by atoms with E-state index in [1.807, 2.05) is 60.7 Å². The molecule has 2 aromatic rings. The minimum absolute atomic E-state index is 0.110. The van der Waals surface area contributed by atoms with Crippen molar-refractivity contribution < 1.29 is 19.1 Å². The lowest BCUT2D eigenvalue weighted by atomic mass is 10.2. The molecule has 0 spiro atoms. The normalized spacial score (nSPS) is 9.96. The van der Waals surface area contributed by atoms with Crippen molar-refractivity contribution in [2.75, 3.05) is 13.6 Å². The molecule has 0 saturated carbocycles. The van der Waals surface area contributed by atoms with Crippen molar-refractivity contribution in [2.24, 2.45) is 0 Å². The molecule has 2 amide bonds. The standard InChI is InChI=1S/C19H20N2O4/c1-21(19(24)25-14-16-10-6-3-7-11-16)13-17(22)18(23)20-12-15-8-4-2-5-9-15/h2-11H,12-14H2,1H3,(H,20,23). The Hall–Kier alpha value is -3.15. The lowest BCUT2D eigenvalue weighted by molar-refractivity contribution is -0.138. The van der Waals surface area contributed by atoms with Gasteiger partial charge in [-0.15, -0.1) is 0 Å². The second-order valence-electron chi connectivity index (χ2n) is 5.49. The zero-order chi connectivity index (χ0) is 18.1. The van der Waals surface area contributed by atoms with Crippen LogP contribution in [0.2, 0.25) is 0 Å². The van der Waals surface area contributed by atoms with Crippen molar-refractivity contribution in [3.63, 3.8) is 0 Å². The highest BCUT2D eigenvalue weighted by Crippen LogP contribution is 2.02. The van der Waals surface area contributed by atoms with Gasteiger partial charge in [-0.25, -0.2) is 4.79 Å². The molecule has 0 aliphatic carbocycles. The first-order chi connectivity index (χ1) is 12.1. The van der Waals surface area contributed by atoms with Crippen LogP contribution in [0.15, 0.2) is 60.7 Å². The van der Waals surface area contributed by atoms with Gasteiger partial charge >= 0.3 is 6.09 Å². The number of nitrogens with zero attached hydrogens (tertiary/aromatic N) is 1. The number of nitrogens with one attached hydrogen (secondary N) is 1. The Labute approximate surface area is 146 Å². The first-order valence-corrected chi connectivity index (χ1v) is 7.83. The lowest BCUT2D eigenvalue weighted by Gasteiger charge is -2.16. The third-order valence-corrected chi connectivity index (χ3v) is 3.45. The lowest BCUT2D eigenvalue weighted by Crippen LogP contribution is -2.40. The molecule has 2 aromatic carbocycles. The number of carbonyl (C=O) groups is 3. The zero-order valence-corrected chi connectivity index (χ0v) is 14.0. The molecule has 6 heteroatoms. The van der Waals surface area contributed by atoms with Crippen molar-refractivity contribution in [3.8, 4) is 0 Å². The van der Waals surface area contributed by atoms with Crippen LogP contribution in [0.4, 0.5) is 4.79 Å². The maximum Gasteiger partial charge on any atom is 0.410 e. The molecule has 0 aliphatic heterocycles. The van der Waals surface area contributed by atoms with E-state index in [4.69, 9.17) is 4.74 Å². The van der Waals surface area contributed by atoms with Crippen LogP contribution in [0.1, 0.15) is 11.1 Å². The maximum atomic E-state index is 11.9. The summed E-state index contributed by atoms with van der Waals surface area (Å²) in [7, 11) is 1.41. The molecule has 2 rings (SSSR count). The van der Waals surface area contributed by atoms with Gasteiger partial charge in [0.05, 0.1) is 6.54 Å². The van der Waals surface area contributed by atoms with Gasteiger partial charge in [0.2, 0.25) is 5.78 Å². The number of hydrogen-bond acceptors (Lipinski definition) is 4. The molecule has 0 aliphatic rings. The molecule has 130 valence electrons. The molecule has 1 N–H and O–H groups in total. The summed E-state index contributed by atoms with van der Waals surface area (Å²) in [4.78, 5) is 36.7. The van der Waals surface area contributed by atoms with E-state index in [0.717, 1.165) is 16.0 Å². The van der Waals surface area contributed by atoms with Crippen LogP contribution in [0.5, 0.6) is 0 Å². The number of hydrogen-bond donors (Lipinski definition) is 1. The van der Waals surface area contributed by atoms with Crippen molar-refractivity contribution >= 4 is 17.8 Å². The van der Waals surface area contributed by atoms with E-state index in [2.05, 4.69) is 5.32 Å². The fraction of sp³-hybridized carbons (Fsp3) is 0.211.